The second kappa shape index (κ2) is 5.29. The standard InChI is InChI=1S/C11H16N2O4/c1-3-16-11(14)9-4-12-13(2)10(9)7-17-8-5-15-6-8/h4,8H,3,5-7H2,1-2H3. The molecule has 0 N–H and O–H groups in total. The van der Waals surface area contributed by atoms with Crippen LogP contribution in [0.15, 0.2) is 6.20 Å². The molecule has 1 fully saturated rings. The fourth-order valence-electron chi connectivity index (χ4n) is 1.52. The van der Waals surface area contributed by atoms with Crippen LogP contribution in [0.5, 0.6) is 0 Å². The molecular formula is C11H16N2O4. The van der Waals surface area contributed by atoms with Crippen LogP contribution in [-0.4, -0.2) is 41.7 Å². The van der Waals surface area contributed by atoms with E-state index in [-0.39, 0.29) is 12.1 Å². The molecule has 6 heteroatoms. The van der Waals surface area contributed by atoms with Crippen LogP contribution in [0.2, 0.25) is 0 Å². The second-order valence-electron chi connectivity index (χ2n) is 3.82. The third kappa shape index (κ3) is 2.65. The van der Waals surface area contributed by atoms with Gasteiger partial charge in [0.15, 0.2) is 0 Å². The SMILES string of the molecule is CCOC(=O)c1cnn(C)c1COC1COC1. The second-order valence-corrected chi connectivity index (χ2v) is 3.82. The fraction of sp³-hybridized carbons (Fsp3) is 0.636. The maximum Gasteiger partial charge on any atom is 0.341 e. The van der Waals surface area contributed by atoms with Crippen LogP contribution in [0.1, 0.15) is 23.0 Å². The molecule has 1 aliphatic rings. The molecule has 0 spiro atoms. The van der Waals surface area contributed by atoms with Crippen molar-refractivity contribution in [2.45, 2.75) is 19.6 Å². The molecular weight excluding hydrogens is 224 g/mol. The monoisotopic (exact) mass is 240 g/mol. The normalized spacial score (nSPS) is 15.6. The van der Waals surface area contributed by atoms with Crippen LogP contribution in [0.3, 0.4) is 0 Å². The van der Waals surface area contributed by atoms with Crippen molar-refractivity contribution in [3.63, 3.8) is 0 Å². The van der Waals surface area contributed by atoms with Gasteiger partial charge in [0.25, 0.3) is 0 Å². The molecule has 17 heavy (non-hydrogen) atoms. The van der Waals surface area contributed by atoms with Crippen LogP contribution in [-0.2, 0) is 27.9 Å². The highest BCUT2D eigenvalue weighted by Crippen LogP contribution is 2.14. The average Bonchev–Trinajstić information content (AvgIpc) is 2.59. The molecule has 2 heterocycles. The largest absolute Gasteiger partial charge is 0.462 e. The number of carbonyl (C=O) groups is 1. The van der Waals surface area contributed by atoms with Gasteiger partial charge in [-0.3, -0.25) is 4.68 Å². The van der Waals surface area contributed by atoms with E-state index < -0.39 is 0 Å². The van der Waals surface area contributed by atoms with Gasteiger partial charge >= 0.3 is 5.97 Å². The number of hydrogen-bond donors (Lipinski definition) is 0. The quantitative estimate of drug-likeness (QED) is 0.702. The lowest BCUT2D eigenvalue weighted by atomic mass is 10.2. The molecule has 6 nitrogen and oxygen atoms in total. The summed E-state index contributed by atoms with van der Waals surface area (Å²) in [4.78, 5) is 11.7. The van der Waals surface area contributed by atoms with Crippen molar-refractivity contribution < 1.29 is 19.0 Å². The van der Waals surface area contributed by atoms with Crippen LogP contribution in [0.4, 0.5) is 0 Å². The third-order valence-corrected chi connectivity index (χ3v) is 2.62. The Morgan fingerprint density at radius 2 is 2.41 bits per heavy atom. The Morgan fingerprint density at radius 1 is 1.65 bits per heavy atom. The van der Waals surface area contributed by atoms with Crippen molar-refractivity contribution in [1.29, 1.82) is 0 Å². The van der Waals surface area contributed by atoms with E-state index in [4.69, 9.17) is 14.2 Å². The predicted octanol–water partition coefficient (Wildman–Crippen LogP) is 0.512. The molecule has 1 aliphatic heterocycles. The van der Waals surface area contributed by atoms with Crippen molar-refractivity contribution in [3.8, 4) is 0 Å². The Kier molecular flexibility index (Phi) is 3.75. The summed E-state index contributed by atoms with van der Waals surface area (Å²) in [6, 6.07) is 0. The van der Waals surface area contributed by atoms with Crippen molar-refractivity contribution in [2.75, 3.05) is 19.8 Å². The Morgan fingerprint density at radius 3 is 3.00 bits per heavy atom. The summed E-state index contributed by atoms with van der Waals surface area (Å²) in [6.45, 7) is 3.71. The molecule has 94 valence electrons. The number of aryl methyl sites for hydroxylation is 1. The van der Waals surface area contributed by atoms with E-state index in [9.17, 15) is 4.79 Å². The van der Waals surface area contributed by atoms with E-state index in [1.807, 2.05) is 0 Å². The van der Waals surface area contributed by atoms with E-state index in [0.29, 0.717) is 32.0 Å². The molecule has 1 aromatic heterocycles. The summed E-state index contributed by atoms with van der Waals surface area (Å²) < 4.78 is 17.2. The van der Waals surface area contributed by atoms with Crippen molar-refractivity contribution in [3.05, 3.63) is 17.5 Å². The summed E-state index contributed by atoms with van der Waals surface area (Å²) in [7, 11) is 1.78. The molecule has 0 aliphatic carbocycles. The molecule has 0 saturated carbocycles. The first kappa shape index (κ1) is 12.1. The zero-order chi connectivity index (χ0) is 12.3. The number of carbonyl (C=O) groups excluding carboxylic acids is 1. The van der Waals surface area contributed by atoms with Crippen LogP contribution in [0.25, 0.3) is 0 Å². The van der Waals surface area contributed by atoms with Gasteiger partial charge in [0.2, 0.25) is 0 Å². The highest BCUT2D eigenvalue weighted by atomic mass is 16.6. The van der Waals surface area contributed by atoms with Gasteiger partial charge in [-0.15, -0.1) is 0 Å². The van der Waals surface area contributed by atoms with Gasteiger partial charge in [-0.25, -0.2) is 4.79 Å². The Hall–Kier alpha value is -1.40. The first-order valence-corrected chi connectivity index (χ1v) is 5.59. The van der Waals surface area contributed by atoms with Gasteiger partial charge < -0.3 is 14.2 Å². The molecule has 2 rings (SSSR count). The summed E-state index contributed by atoms with van der Waals surface area (Å²) >= 11 is 0. The molecule has 1 saturated heterocycles. The van der Waals surface area contributed by atoms with Gasteiger partial charge in [0.1, 0.15) is 11.7 Å². The van der Waals surface area contributed by atoms with Gasteiger partial charge in [0, 0.05) is 7.05 Å². The first-order valence-electron chi connectivity index (χ1n) is 5.59. The Balaban J connectivity index is 2.02. The minimum atomic E-state index is -0.357. The number of hydrogen-bond acceptors (Lipinski definition) is 5. The summed E-state index contributed by atoms with van der Waals surface area (Å²) in [5.41, 5.74) is 1.20. The molecule has 0 bridgehead atoms. The van der Waals surface area contributed by atoms with Gasteiger partial charge in [-0.2, -0.15) is 5.10 Å². The maximum absolute atomic E-state index is 11.7. The lowest BCUT2D eigenvalue weighted by Crippen LogP contribution is -2.36. The van der Waals surface area contributed by atoms with Crippen LogP contribution < -0.4 is 0 Å². The van der Waals surface area contributed by atoms with Crippen LogP contribution in [0, 0.1) is 0 Å². The molecule has 0 amide bonds. The number of rotatable bonds is 5. The highest BCUT2D eigenvalue weighted by molar-refractivity contribution is 5.90. The Bertz CT molecular complexity index is 398. The maximum atomic E-state index is 11.7. The zero-order valence-electron chi connectivity index (χ0n) is 10.0. The number of aromatic nitrogens is 2. The zero-order valence-corrected chi connectivity index (χ0v) is 10.0. The molecule has 1 aromatic rings. The minimum Gasteiger partial charge on any atom is -0.462 e. The van der Waals surface area contributed by atoms with Crippen LogP contribution >= 0.6 is 0 Å². The van der Waals surface area contributed by atoms with Crippen molar-refractivity contribution >= 4 is 5.97 Å². The first-order chi connectivity index (χ1) is 8.22. The molecule has 0 atom stereocenters. The van der Waals surface area contributed by atoms with Gasteiger partial charge in [0.05, 0.1) is 38.3 Å². The average molecular weight is 240 g/mol. The molecule has 0 radical (unpaired) electrons. The lowest BCUT2D eigenvalue weighted by Gasteiger charge is -2.26. The smallest absolute Gasteiger partial charge is 0.341 e. The third-order valence-electron chi connectivity index (χ3n) is 2.62. The van der Waals surface area contributed by atoms with Gasteiger partial charge in [-0.05, 0) is 6.92 Å². The predicted molar refractivity (Wildman–Crippen MR) is 58.6 cm³/mol. The molecule has 0 aromatic carbocycles. The van der Waals surface area contributed by atoms with Crippen molar-refractivity contribution in [1.82, 2.24) is 9.78 Å². The summed E-state index contributed by atoms with van der Waals surface area (Å²) in [6.07, 6.45) is 1.63. The number of nitrogens with zero attached hydrogens (tertiary/aromatic N) is 2. The lowest BCUT2D eigenvalue weighted by molar-refractivity contribution is -0.136. The van der Waals surface area contributed by atoms with E-state index in [1.165, 1.54) is 6.20 Å². The number of esters is 1. The molecule has 0 unspecified atom stereocenters. The topological polar surface area (TPSA) is 62.6 Å². The minimum absolute atomic E-state index is 0.125. The summed E-state index contributed by atoms with van der Waals surface area (Å²) in [5, 5.41) is 4.05. The fourth-order valence-corrected chi connectivity index (χ4v) is 1.52. The highest BCUT2D eigenvalue weighted by Gasteiger charge is 2.22. The van der Waals surface area contributed by atoms with E-state index in [1.54, 1.807) is 18.7 Å². The Labute approximate surface area is 99.5 Å². The van der Waals surface area contributed by atoms with Gasteiger partial charge in [-0.1, -0.05) is 0 Å². The van der Waals surface area contributed by atoms with Crippen molar-refractivity contribution in [2.24, 2.45) is 7.05 Å². The van der Waals surface area contributed by atoms with E-state index >= 15 is 0 Å². The number of ether oxygens (including phenoxy) is 3. The van der Waals surface area contributed by atoms with E-state index in [0.717, 1.165) is 5.69 Å². The van der Waals surface area contributed by atoms with E-state index in [2.05, 4.69) is 5.10 Å². The summed E-state index contributed by atoms with van der Waals surface area (Å²) in [5.74, 6) is -0.357.